The second-order valence-corrected chi connectivity index (χ2v) is 29.7. The summed E-state index contributed by atoms with van der Waals surface area (Å²) in [6, 6.07) is 0. The largest absolute Gasteiger partial charge is 0.481 e. The van der Waals surface area contributed by atoms with E-state index in [4.69, 9.17) is 19.2 Å². The number of carboxylic acids is 1. The van der Waals surface area contributed by atoms with Crippen molar-refractivity contribution in [3.8, 4) is 0 Å². The Hall–Kier alpha value is -4.05. The van der Waals surface area contributed by atoms with Crippen LogP contribution < -0.4 is 10.6 Å². The Morgan fingerprint density at radius 3 is 1.70 bits per heavy atom. The number of thioether (sulfide) groups is 2. The summed E-state index contributed by atoms with van der Waals surface area (Å²) in [6.07, 6.45) is 5.64. The van der Waals surface area contributed by atoms with E-state index >= 15 is 4.79 Å². The van der Waals surface area contributed by atoms with E-state index in [1.165, 1.54) is 11.8 Å². The smallest absolute Gasteiger partial charge is 0.342 e. The molecule has 5 unspecified atom stereocenters. The molecule has 4 rings (SSSR count). The lowest BCUT2D eigenvalue weighted by molar-refractivity contribution is -0.164. The van der Waals surface area contributed by atoms with Gasteiger partial charge in [-0.2, -0.15) is 0 Å². The first-order chi connectivity index (χ1) is 34.9. The second kappa shape index (κ2) is 25.8. The van der Waals surface area contributed by atoms with Gasteiger partial charge in [0.1, 0.15) is 35.0 Å². The molecule has 0 bridgehead atoms. The molecule has 16 heteroatoms. The zero-order chi connectivity index (χ0) is 57.6. The molecule has 0 spiro atoms. The third-order valence-electron chi connectivity index (χ3n) is 16.3. The highest BCUT2D eigenvalue weighted by Gasteiger charge is 2.50. The van der Waals surface area contributed by atoms with Crippen LogP contribution >= 0.6 is 23.5 Å². The molecule has 1 aliphatic heterocycles. The highest BCUT2D eigenvalue weighted by Crippen LogP contribution is 2.52. The quantitative estimate of drug-likeness (QED) is 0.0581. The second-order valence-electron chi connectivity index (χ2n) is 27.2. The number of carbonyl (C=O) groups excluding carboxylic acids is 5. The fraction of sp³-hybridized carbons (Fsp3) is 0.750. The molecular weight excluding hydrogens is 1000 g/mol. The van der Waals surface area contributed by atoms with Crippen molar-refractivity contribution in [2.24, 2.45) is 67.6 Å². The lowest BCUT2D eigenvalue weighted by Crippen LogP contribution is -2.50. The van der Waals surface area contributed by atoms with E-state index in [2.05, 4.69) is 113 Å². The highest BCUT2D eigenvalue weighted by molar-refractivity contribution is 8.00. The number of amidine groups is 1. The summed E-state index contributed by atoms with van der Waals surface area (Å²) in [7, 11) is 0. The zero-order valence-corrected chi connectivity index (χ0v) is 51.6. The van der Waals surface area contributed by atoms with E-state index in [1.54, 1.807) is 26.8 Å². The summed E-state index contributed by atoms with van der Waals surface area (Å²) in [6.45, 7) is 42.0. The van der Waals surface area contributed by atoms with Crippen LogP contribution in [-0.2, 0) is 38.2 Å². The van der Waals surface area contributed by atoms with Crippen LogP contribution in [0.1, 0.15) is 198 Å². The lowest BCUT2D eigenvalue weighted by Gasteiger charge is -2.50. The van der Waals surface area contributed by atoms with Crippen LogP contribution in [0.15, 0.2) is 21.8 Å². The number of H-pyrrole nitrogens is 1. The number of carboxylic acid groups (broad SMARTS) is 1. The highest BCUT2D eigenvalue weighted by atomic mass is 32.2. The number of amides is 2. The molecule has 0 aromatic carbocycles. The van der Waals surface area contributed by atoms with Crippen LogP contribution in [0.5, 0.6) is 0 Å². The monoisotopic (exact) mass is 1100 g/mol. The molecule has 76 heavy (non-hydrogen) atoms. The number of aromatic nitrogens is 1. The standard InChI is InChI=1S/C60H96N4O10S2/c1-21-60(19,20)55(71)72-24-22-25-76-37(6)52(68)64-51-47(54(70)74-49-40(58(13,14)15)29-34(3)30-41(49)59(16,17)18)36(5)43(62-51)31-42-35(4)46(50(61-42)63-44(65)23-26-75-32-45(66)67)53(69)73-48-38(56(7,8)9)27-33(2)28-39(48)57(10,11)12/h31,33-34,37-41,48-49,61H,21-30,32H2,1-20H3,(H,63,65)(H,66,67)(H,62,64,68). The summed E-state index contributed by atoms with van der Waals surface area (Å²) in [5.41, 5.74) is 0.684. The van der Waals surface area contributed by atoms with Gasteiger partial charge < -0.3 is 34.9 Å². The third kappa shape index (κ3) is 17.0. The molecular formula is C60H96N4O10S2. The van der Waals surface area contributed by atoms with E-state index in [9.17, 15) is 29.1 Å². The van der Waals surface area contributed by atoms with Gasteiger partial charge >= 0.3 is 23.9 Å². The fourth-order valence-corrected chi connectivity index (χ4v) is 12.5. The number of nitrogens with one attached hydrogen (secondary N) is 3. The maximum Gasteiger partial charge on any atom is 0.342 e. The maximum absolute atomic E-state index is 15.0. The SMILES string of the molecule is CCC(C)(C)C(=O)OCCCSC(C)C(=O)NC1=NC(=Cc2[nH]c(NC(=O)CCSCC(=O)O)c(C(=O)OC3C(C(C)(C)C)CC(C)CC3C(C)(C)C)c2C)C(C)=C1C(=O)OC1C(C(C)(C)C)CC(C)CC1C(C)(C)C. The molecule has 2 heterocycles. The Morgan fingerprint density at radius 2 is 1.24 bits per heavy atom. The molecule has 2 amide bonds. The number of ether oxygens (including phenoxy) is 3. The first-order valence-corrected chi connectivity index (χ1v) is 29.9. The van der Waals surface area contributed by atoms with Crippen molar-refractivity contribution in [1.29, 1.82) is 0 Å². The Balaban J connectivity index is 1.83. The van der Waals surface area contributed by atoms with Crippen molar-refractivity contribution in [3.63, 3.8) is 0 Å². The number of aliphatic imine (C=N–C) groups is 1. The van der Waals surface area contributed by atoms with E-state index < -0.39 is 46.7 Å². The van der Waals surface area contributed by atoms with Gasteiger partial charge in [0.05, 0.1) is 28.7 Å². The summed E-state index contributed by atoms with van der Waals surface area (Å²) in [5.74, 6) is -1.30. The molecule has 1 aromatic rings. The Bertz CT molecular complexity index is 2320. The minimum atomic E-state index is -0.978. The van der Waals surface area contributed by atoms with Crippen LogP contribution in [0.25, 0.3) is 6.08 Å². The van der Waals surface area contributed by atoms with Gasteiger partial charge in [-0.1, -0.05) is 104 Å². The minimum absolute atomic E-state index is 0.00614. The topological polar surface area (TPSA) is 203 Å². The van der Waals surface area contributed by atoms with E-state index in [0.717, 1.165) is 37.4 Å². The third-order valence-corrected chi connectivity index (χ3v) is 18.4. The molecule has 3 aliphatic rings. The fourth-order valence-electron chi connectivity index (χ4n) is 11.0. The van der Waals surface area contributed by atoms with Gasteiger partial charge in [0, 0.05) is 41.5 Å². The molecule has 428 valence electrons. The Morgan fingerprint density at radius 1 is 0.750 bits per heavy atom. The average Bonchev–Trinajstić information content (AvgIpc) is 3.76. The molecule has 2 aliphatic carbocycles. The molecule has 2 fully saturated rings. The van der Waals surface area contributed by atoms with Gasteiger partial charge in [-0.15, -0.1) is 23.5 Å². The molecule has 0 radical (unpaired) electrons. The molecule has 0 saturated heterocycles. The lowest BCUT2D eigenvalue weighted by atomic mass is 9.59. The predicted octanol–water partition coefficient (Wildman–Crippen LogP) is 13.1. The van der Waals surface area contributed by atoms with Crippen LogP contribution in [-0.4, -0.2) is 92.9 Å². The summed E-state index contributed by atoms with van der Waals surface area (Å²) < 4.78 is 19.0. The molecule has 14 nitrogen and oxygen atoms in total. The first-order valence-electron chi connectivity index (χ1n) is 27.7. The molecule has 1 aromatic heterocycles. The molecule has 2 saturated carbocycles. The Labute approximate surface area is 464 Å². The maximum atomic E-state index is 15.0. The van der Waals surface area contributed by atoms with Crippen molar-refractivity contribution < 1.29 is 48.1 Å². The van der Waals surface area contributed by atoms with Crippen molar-refractivity contribution in [2.75, 3.05) is 29.2 Å². The van der Waals surface area contributed by atoms with Crippen molar-refractivity contribution in [2.45, 2.75) is 201 Å². The van der Waals surface area contributed by atoms with Crippen molar-refractivity contribution in [1.82, 2.24) is 10.3 Å². The van der Waals surface area contributed by atoms with Crippen molar-refractivity contribution in [3.05, 3.63) is 33.7 Å². The number of rotatable bonds is 19. The zero-order valence-electron chi connectivity index (χ0n) is 49.9. The summed E-state index contributed by atoms with van der Waals surface area (Å²) in [5, 5.41) is 14.5. The van der Waals surface area contributed by atoms with Crippen LogP contribution in [0.3, 0.4) is 0 Å². The average molecular weight is 1100 g/mol. The van der Waals surface area contributed by atoms with Gasteiger partial charge in [-0.05, 0) is 130 Å². The predicted molar refractivity (Wildman–Crippen MR) is 309 cm³/mol. The van der Waals surface area contributed by atoms with E-state index in [0.29, 0.717) is 53.0 Å². The van der Waals surface area contributed by atoms with Crippen LogP contribution in [0.2, 0.25) is 0 Å². The number of anilines is 1. The molecule has 5 atom stereocenters. The first kappa shape index (κ1) is 64.5. The van der Waals surface area contributed by atoms with Crippen molar-refractivity contribution >= 4 is 76.9 Å². The van der Waals surface area contributed by atoms with E-state index in [-0.39, 0.29) is 105 Å². The number of hydrogen-bond donors (Lipinski definition) is 4. The Kier molecular flexibility index (Phi) is 21.9. The minimum Gasteiger partial charge on any atom is -0.481 e. The van der Waals surface area contributed by atoms with Crippen LogP contribution in [0.4, 0.5) is 5.82 Å². The normalized spacial score (nSPS) is 24.7. The summed E-state index contributed by atoms with van der Waals surface area (Å²) >= 11 is 2.52. The summed E-state index contributed by atoms with van der Waals surface area (Å²) in [4.78, 5) is 89.7. The van der Waals surface area contributed by atoms with Gasteiger partial charge in [-0.3, -0.25) is 19.2 Å². The number of carbonyl (C=O) groups is 6. The van der Waals surface area contributed by atoms with Crippen LogP contribution in [0, 0.1) is 69.5 Å². The number of aliphatic carboxylic acids is 1. The van der Waals surface area contributed by atoms with Gasteiger partial charge in [0.15, 0.2) is 0 Å². The van der Waals surface area contributed by atoms with Gasteiger partial charge in [0.25, 0.3) is 0 Å². The number of allylic oxidation sites excluding steroid dienone is 1. The van der Waals surface area contributed by atoms with Gasteiger partial charge in [0.2, 0.25) is 11.8 Å². The van der Waals surface area contributed by atoms with E-state index in [1.807, 2.05) is 20.8 Å². The number of nitrogens with zero attached hydrogens (tertiary/aromatic N) is 1. The molecule has 4 N–H and O–H groups in total. The number of esters is 3. The van der Waals surface area contributed by atoms with Gasteiger partial charge in [-0.25, -0.2) is 14.6 Å². The number of aromatic amines is 1. The number of hydrogen-bond acceptors (Lipinski definition) is 12.